The van der Waals surface area contributed by atoms with Crippen molar-refractivity contribution in [3.8, 4) is 5.75 Å². The number of rotatable bonds is 7. The van der Waals surface area contributed by atoms with Gasteiger partial charge in [0.05, 0.1) is 4.90 Å². The fraction of sp³-hybridized carbons (Fsp3) is 0.417. The molecule has 0 amide bonds. The van der Waals surface area contributed by atoms with Crippen molar-refractivity contribution in [2.24, 2.45) is 0 Å². The summed E-state index contributed by atoms with van der Waals surface area (Å²) in [5.74, 6) is -0.339. The van der Waals surface area contributed by atoms with E-state index in [1.165, 1.54) is 6.07 Å². The number of aromatic carboxylic acids is 1. The van der Waals surface area contributed by atoms with Crippen molar-refractivity contribution in [2.75, 3.05) is 11.5 Å². The Labute approximate surface area is 122 Å². The third-order valence-corrected chi connectivity index (χ3v) is 5.17. The predicted octanol–water partition coefficient (Wildman–Crippen LogP) is 1.51. The van der Waals surface area contributed by atoms with Crippen LogP contribution in [0.25, 0.3) is 0 Å². The van der Waals surface area contributed by atoms with Crippen LogP contribution < -0.4 is 4.72 Å². The van der Waals surface area contributed by atoms with Gasteiger partial charge in [-0.05, 0) is 30.9 Å². The van der Waals surface area contributed by atoms with Gasteiger partial charge in [0.15, 0.2) is 0 Å². The van der Waals surface area contributed by atoms with E-state index < -0.39 is 27.3 Å². The Morgan fingerprint density at radius 2 is 2.10 bits per heavy atom. The van der Waals surface area contributed by atoms with Gasteiger partial charge in [0.2, 0.25) is 10.0 Å². The maximum absolute atomic E-state index is 12.1. The SMILES string of the molecule is CCSCC(C)NS(=O)(=O)c1ccc(O)c(C(=O)O)c1. The Bertz CT molecular complexity index is 586. The Hall–Kier alpha value is -1.25. The molecule has 20 heavy (non-hydrogen) atoms. The van der Waals surface area contributed by atoms with E-state index in [1.54, 1.807) is 18.7 Å². The lowest BCUT2D eigenvalue weighted by Gasteiger charge is -2.14. The normalized spacial score (nSPS) is 13.1. The van der Waals surface area contributed by atoms with Crippen LogP contribution in [0.3, 0.4) is 0 Å². The van der Waals surface area contributed by atoms with E-state index in [9.17, 15) is 18.3 Å². The van der Waals surface area contributed by atoms with E-state index >= 15 is 0 Å². The third kappa shape index (κ3) is 4.39. The van der Waals surface area contributed by atoms with Gasteiger partial charge in [-0.3, -0.25) is 0 Å². The molecule has 112 valence electrons. The fourth-order valence-electron chi connectivity index (χ4n) is 1.52. The number of nitrogens with one attached hydrogen (secondary N) is 1. The summed E-state index contributed by atoms with van der Waals surface area (Å²) in [5.41, 5.74) is -0.441. The van der Waals surface area contributed by atoms with Gasteiger partial charge in [-0.1, -0.05) is 6.92 Å². The number of hydrogen-bond donors (Lipinski definition) is 3. The lowest BCUT2D eigenvalue weighted by Crippen LogP contribution is -2.34. The fourth-order valence-corrected chi connectivity index (χ4v) is 3.56. The molecule has 0 aliphatic heterocycles. The summed E-state index contributed by atoms with van der Waals surface area (Å²) >= 11 is 1.60. The van der Waals surface area contributed by atoms with E-state index in [0.717, 1.165) is 17.9 Å². The van der Waals surface area contributed by atoms with Crippen molar-refractivity contribution in [1.29, 1.82) is 0 Å². The van der Waals surface area contributed by atoms with Crippen LogP contribution in [-0.4, -0.2) is 42.1 Å². The Balaban J connectivity index is 2.98. The van der Waals surface area contributed by atoms with E-state index in [4.69, 9.17) is 5.11 Å². The van der Waals surface area contributed by atoms with Crippen molar-refractivity contribution in [2.45, 2.75) is 24.8 Å². The molecule has 0 spiro atoms. The van der Waals surface area contributed by atoms with Crippen LogP contribution >= 0.6 is 11.8 Å². The zero-order chi connectivity index (χ0) is 15.3. The Kier molecular flexibility index (Phi) is 5.85. The highest BCUT2D eigenvalue weighted by Gasteiger charge is 2.20. The van der Waals surface area contributed by atoms with Crippen molar-refractivity contribution in [3.05, 3.63) is 23.8 Å². The molecule has 0 saturated heterocycles. The van der Waals surface area contributed by atoms with Crippen molar-refractivity contribution < 1.29 is 23.4 Å². The smallest absolute Gasteiger partial charge is 0.339 e. The van der Waals surface area contributed by atoms with Crippen LogP contribution in [0.15, 0.2) is 23.1 Å². The molecule has 0 saturated carbocycles. The van der Waals surface area contributed by atoms with Gasteiger partial charge < -0.3 is 10.2 Å². The van der Waals surface area contributed by atoms with Crippen LogP contribution in [0, 0.1) is 0 Å². The topological polar surface area (TPSA) is 104 Å². The summed E-state index contributed by atoms with van der Waals surface area (Å²) in [5, 5.41) is 18.2. The second-order valence-electron chi connectivity index (χ2n) is 4.17. The lowest BCUT2D eigenvalue weighted by molar-refractivity contribution is 0.0693. The molecule has 6 nitrogen and oxygen atoms in total. The van der Waals surface area contributed by atoms with Gasteiger partial charge in [-0.15, -0.1) is 0 Å². The van der Waals surface area contributed by atoms with E-state index in [2.05, 4.69) is 4.72 Å². The van der Waals surface area contributed by atoms with E-state index in [1.807, 2.05) is 6.92 Å². The minimum absolute atomic E-state index is 0.180. The average Bonchev–Trinajstić information content (AvgIpc) is 2.35. The average molecular weight is 319 g/mol. The minimum Gasteiger partial charge on any atom is -0.507 e. The van der Waals surface area contributed by atoms with Crippen LogP contribution in [-0.2, 0) is 10.0 Å². The maximum atomic E-state index is 12.1. The summed E-state index contributed by atoms with van der Waals surface area (Å²) in [4.78, 5) is 10.7. The molecule has 0 heterocycles. The summed E-state index contributed by atoms with van der Waals surface area (Å²) in [6.45, 7) is 3.71. The van der Waals surface area contributed by atoms with Gasteiger partial charge in [0.25, 0.3) is 0 Å². The molecule has 0 aliphatic rings. The zero-order valence-electron chi connectivity index (χ0n) is 11.2. The van der Waals surface area contributed by atoms with Crippen LogP contribution in [0.5, 0.6) is 5.75 Å². The molecule has 0 bridgehead atoms. The van der Waals surface area contributed by atoms with Crippen LogP contribution in [0.1, 0.15) is 24.2 Å². The van der Waals surface area contributed by atoms with Gasteiger partial charge in [-0.2, -0.15) is 11.8 Å². The summed E-state index contributed by atoms with van der Waals surface area (Å²) in [6, 6.07) is 2.90. The summed E-state index contributed by atoms with van der Waals surface area (Å²) < 4.78 is 26.7. The number of carboxylic acid groups (broad SMARTS) is 1. The quantitative estimate of drug-likeness (QED) is 0.704. The predicted molar refractivity (Wildman–Crippen MR) is 77.8 cm³/mol. The maximum Gasteiger partial charge on any atom is 0.339 e. The highest BCUT2D eigenvalue weighted by molar-refractivity contribution is 7.99. The first-order chi connectivity index (χ1) is 9.27. The molecule has 1 unspecified atom stereocenters. The monoisotopic (exact) mass is 319 g/mol. The molecule has 0 aliphatic carbocycles. The molecule has 8 heteroatoms. The lowest BCUT2D eigenvalue weighted by atomic mass is 10.2. The Morgan fingerprint density at radius 1 is 1.45 bits per heavy atom. The van der Waals surface area contributed by atoms with Gasteiger partial charge in [0.1, 0.15) is 11.3 Å². The number of carboxylic acids is 1. The standard InChI is InChI=1S/C12H17NO5S2/c1-3-19-7-8(2)13-20(17,18)9-4-5-11(14)10(6-9)12(15)16/h4-6,8,13-14H,3,7H2,1-2H3,(H,15,16). The number of thioether (sulfide) groups is 1. The first-order valence-corrected chi connectivity index (χ1v) is 8.58. The van der Waals surface area contributed by atoms with Crippen LogP contribution in [0.4, 0.5) is 0 Å². The van der Waals surface area contributed by atoms with Gasteiger partial charge >= 0.3 is 5.97 Å². The van der Waals surface area contributed by atoms with Crippen molar-refractivity contribution >= 4 is 27.8 Å². The largest absolute Gasteiger partial charge is 0.507 e. The zero-order valence-corrected chi connectivity index (χ0v) is 12.8. The second kappa shape index (κ2) is 6.96. The molecule has 3 N–H and O–H groups in total. The summed E-state index contributed by atoms with van der Waals surface area (Å²) in [7, 11) is -3.80. The molecule has 1 aromatic carbocycles. The number of aromatic hydroxyl groups is 1. The number of hydrogen-bond acceptors (Lipinski definition) is 5. The highest BCUT2D eigenvalue weighted by atomic mass is 32.2. The first-order valence-electron chi connectivity index (χ1n) is 5.94. The molecule has 0 aromatic heterocycles. The first kappa shape index (κ1) is 16.8. The summed E-state index contributed by atoms with van der Waals surface area (Å²) in [6.07, 6.45) is 0. The Morgan fingerprint density at radius 3 is 2.65 bits per heavy atom. The molecule has 1 aromatic rings. The second-order valence-corrected chi connectivity index (χ2v) is 7.20. The molecule has 1 atom stereocenters. The van der Waals surface area contributed by atoms with Crippen molar-refractivity contribution in [3.63, 3.8) is 0 Å². The minimum atomic E-state index is -3.80. The molecule has 1 rings (SSSR count). The number of sulfonamides is 1. The molecular formula is C12H17NO5S2. The van der Waals surface area contributed by atoms with Crippen molar-refractivity contribution in [1.82, 2.24) is 4.72 Å². The number of benzene rings is 1. The number of phenols is 1. The molecule has 0 fully saturated rings. The van der Waals surface area contributed by atoms with Gasteiger partial charge in [0, 0.05) is 11.8 Å². The van der Waals surface area contributed by atoms with E-state index in [-0.39, 0.29) is 10.9 Å². The molecule has 0 radical (unpaired) electrons. The highest BCUT2D eigenvalue weighted by Crippen LogP contribution is 2.21. The number of carbonyl (C=O) groups is 1. The van der Waals surface area contributed by atoms with Gasteiger partial charge in [-0.25, -0.2) is 17.9 Å². The van der Waals surface area contributed by atoms with Crippen LogP contribution in [0.2, 0.25) is 0 Å². The molecular weight excluding hydrogens is 302 g/mol. The van der Waals surface area contributed by atoms with E-state index in [0.29, 0.717) is 5.75 Å². The third-order valence-electron chi connectivity index (χ3n) is 2.44.